The second-order valence-corrected chi connectivity index (χ2v) is 7.66. The van der Waals surface area contributed by atoms with Crippen LogP contribution in [0.1, 0.15) is 46.5 Å². The van der Waals surface area contributed by atoms with Crippen LogP contribution in [0.25, 0.3) is 0 Å². The van der Waals surface area contributed by atoms with Gasteiger partial charge in [0.05, 0.1) is 19.3 Å². The molecule has 6 nitrogen and oxygen atoms in total. The fourth-order valence-corrected chi connectivity index (χ4v) is 3.97. The Hall–Kier alpha value is -1.89. The largest absolute Gasteiger partial charge is 0.379 e. The van der Waals surface area contributed by atoms with Crippen molar-refractivity contribution in [1.82, 2.24) is 20.0 Å². The Balaban J connectivity index is 1.48. The molecule has 1 amide bonds. The number of nitrogens with zero attached hydrogens (tertiary/aromatic N) is 3. The van der Waals surface area contributed by atoms with Crippen molar-refractivity contribution in [2.45, 2.75) is 24.8 Å². The zero-order chi connectivity index (χ0) is 18.8. The quantitative estimate of drug-likeness (QED) is 0.826. The first kappa shape index (κ1) is 18.5. The summed E-state index contributed by atoms with van der Waals surface area (Å²) in [7, 11) is 1.91. The summed E-state index contributed by atoms with van der Waals surface area (Å²) < 4.78 is 7.31. The minimum atomic E-state index is -0.136. The Bertz CT molecular complexity index is 812. The van der Waals surface area contributed by atoms with Crippen LogP contribution in [0.5, 0.6) is 0 Å². The molecular weight excluding hydrogens is 364 g/mol. The maximum Gasteiger partial charge on any atom is 0.271 e. The van der Waals surface area contributed by atoms with Gasteiger partial charge in [-0.2, -0.15) is 5.10 Å². The average Bonchev–Trinajstić information content (AvgIpc) is 3.45. The first-order chi connectivity index (χ1) is 13.1. The summed E-state index contributed by atoms with van der Waals surface area (Å²) in [6.45, 7) is 3.51. The molecule has 0 bridgehead atoms. The van der Waals surface area contributed by atoms with Crippen LogP contribution in [0.4, 0.5) is 0 Å². The van der Waals surface area contributed by atoms with Crippen LogP contribution in [-0.4, -0.2) is 53.4 Å². The summed E-state index contributed by atoms with van der Waals surface area (Å²) in [5.41, 5.74) is 2.66. The van der Waals surface area contributed by atoms with Gasteiger partial charge < -0.3 is 10.1 Å². The van der Waals surface area contributed by atoms with E-state index in [-0.39, 0.29) is 11.9 Å². The third-order valence-electron chi connectivity index (χ3n) is 5.35. The topological polar surface area (TPSA) is 59.4 Å². The van der Waals surface area contributed by atoms with Gasteiger partial charge in [-0.05, 0) is 30.5 Å². The van der Waals surface area contributed by atoms with Crippen molar-refractivity contribution >= 4 is 17.5 Å². The van der Waals surface area contributed by atoms with Crippen molar-refractivity contribution in [1.29, 1.82) is 0 Å². The van der Waals surface area contributed by atoms with Gasteiger partial charge in [0.25, 0.3) is 5.91 Å². The molecule has 2 aromatic rings. The fourth-order valence-electron chi connectivity index (χ4n) is 3.70. The van der Waals surface area contributed by atoms with E-state index in [1.807, 2.05) is 42.1 Å². The molecule has 1 saturated carbocycles. The number of hydrogen-bond donors (Lipinski definition) is 1. The third-order valence-corrected chi connectivity index (χ3v) is 5.70. The van der Waals surface area contributed by atoms with Gasteiger partial charge in [-0.15, -0.1) is 0 Å². The van der Waals surface area contributed by atoms with Crippen LogP contribution >= 0.6 is 11.6 Å². The van der Waals surface area contributed by atoms with E-state index < -0.39 is 0 Å². The first-order valence-corrected chi connectivity index (χ1v) is 9.89. The maximum atomic E-state index is 12.7. The summed E-state index contributed by atoms with van der Waals surface area (Å²) >= 11 is 6.45. The van der Waals surface area contributed by atoms with Crippen LogP contribution in [0, 0.1) is 0 Å². The highest BCUT2D eigenvalue weighted by Crippen LogP contribution is 2.39. The number of benzene rings is 1. The SMILES string of the molecule is Cn1nc(C(=O)NC[C@H](c2ccccc2Cl)N2CCOCC2)cc1C1CC1. The Morgan fingerprint density at radius 2 is 2.07 bits per heavy atom. The van der Waals surface area contributed by atoms with Gasteiger partial charge in [0.1, 0.15) is 5.69 Å². The summed E-state index contributed by atoms with van der Waals surface area (Å²) in [5.74, 6) is 0.427. The number of carbonyl (C=O) groups excluding carboxylic acids is 1. The van der Waals surface area contributed by atoms with Crippen LogP contribution in [-0.2, 0) is 11.8 Å². The Morgan fingerprint density at radius 3 is 2.78 bits per heavy atom. The van der Waals surface area contributed by atoms with Crippen molar-refractivity contribution in [2.24, 2.45) is 7.05 Å². The molecule has 1 saturated heterocycles. The Labute approximate surface area is 164 Å². The number of morpholine rings is 1. The van der Waals surface area contributed by atoms with E-state index in [0.29, 0.717) is 31.4 Å². The molecule has 2 aliphatic rings. The molecule has 0 radical (unpaired) electrons. The lowest BCUT2D eigenvalue weighted by atomic mass is 10.0. The number of rotatable bonds is 6. The van der Waals surface area contributed by atoms with E-state index in [1.165, 1.54) is 12.8 Å². The lowest BCUT2D eigenvalue weighted by Gasteiger charge is -2.35. The molecule has 4 rings (SSSR count). The fraction of sp³-hybridized carbons (Fsp3) is 0.500. The molecule has 1 N–H and O–H groups in total. The van der Waals surface area contributed by atoms with Gasteiger partial charge in [0, 0.05) is 43.3 Å². The van der Waals surface area contributed by atoms with E-state index >= 15 is 0 Å². The van der Waals surface area contributed by atoms with Gasteiger partial charge in [0.2, 0.25) is 0 Å². The standard InChI is InChI=1S/C20H25ClN4O2/c1-24-18(14-6-7-14)12-17(23-24)20(26)22-13-19(25-8-10-27-11-9-25)15-4-2-3-5-16(15)21/h2-5,12,14,19H,6-11,13H2,1H3,(H,22,26)/t19-/m1/s1. The number of carbonyl (C=O) groups is 1. The summed E-state index contributed by atoms with van der Waals surface area (Å²) in [6, 6.07) is 9.77. The normalized spacial score (nSPS) is 19.0. The highest BCUT2D eigenvalue weighted by molar-refractivity contribution is 6.31. The number of ether oxygens (including phenoxy) is 1. The molecule has 1 aromatic carbocycles. The third kappa shape index (κ3) is 4.18. The predicted molar refractivity (Wildman–Crippen MR) is 104 cm³/mol. The minimum absolute atomic E-state index is 0.0122. The van der Waals surface area contributed by atoms with E-state index in [4.69, 9.17) is 16.3 Å². The Morgan fingerprint density at radius 1 is 1.33 bits per heavy atom. The lowest BCUT2D eigenvalue weighted by molar-refractivity contribution is 0.0162. The molecule has 1 aliphatic heterocycles. The highest BCUT2D eigenvalue weighted by Gasteiger charge is 2.29. The molecule has 27 heavy (non-hydrogen) atoms. The van der Waals surface area contributed by atoms with Gasteiger partial charge in [-0.1, -0.05) is 29.8 Å². The van der Waals surface area contributed by atoms with Crippen LogP contribution in [0.3, 0.4) is 0 Å². The van der Waals surface area contributed by atoms with Gasteiger partial charge in [-0.25, -0.2) is 0 Å². The van der Waals surface area contributed by atoms with Gasteiger partial charge in [0.15, 0.2) is 0 Å². The molecule has 7 heteroatoms. The van der Waals surface area contributed by atoms with E-state index in [2.05, 4.69) is 15.3 Å². The monoisotopic (exact) mass is 388 g/mol. The number of nitrogens with one attached hydrogen (secondary N) is 1. The number of amides is 1. The molecule has 2 fully saturated rings. The van der Waals surface area contributed by atoms with E-state index in [1.54, 1.807) is 0 Å². The smallest absolute Gasteiger partial charge is 0.271 e. The van der Waals surface area contributed by atoms with Crippen molar-refractivity contribution in [3.63, 3.8) is 0 Å². The van der Waals surface area contributed by atoms with Gasteiger partial charge in [-0.3, -0.25) is 14.4 Å². The van der Waals surface area contributed by atoms with E-state index in [9.17, 15) is 4.79 Å². The van der Waals surface area contributed by atoms with Crippen molar-refractivity contribution in [3.8, 4) is 0 Å². The number of aryl methyl sites for hydroxylation is 1. The van der Waals surface area contributed by atoms with Crippen molar-refractivity contribution < 1.29 is 9.53 Å². The maximum absolute atomic E-state index is 12.7. The second kappa shape index (κ2) is 8.00. The van der Waals surface area contributed by atoms with E-state index in [0.717, 1.165) is 29.4 Å². The zero-order valence-electron chi connectivity index (χ0n) is 15.5. The van der Waals surface area contributed by atoms with Crippen LogP contribution in [0.15, 0.2) is 30.3 Å². The number of aromatic nitrogens is 2. The molecule has 1 aromatic heterocycles. The molecule has 144 valence electrons. The molecular formula is C20H25ClN4O2. The first-order valence-electron chi connectivity index (χ1n) is 9.52. The lowest BCUT2D eigenvalue weighted by Crippen LogP contribution is -2.44. The molecule has 0 unspecified atom stereocenters. The summed E-state index contributed by atoms with van der Waals surface area (Å²) in [4.78, 5) is 15.0. The number of hydrogen-bond acceptors (Lipinski definition) is 4. The average molecular weight is 389 g/mol. The second-order valence-electron chi connectivity index (χ2n) is 7.25. The van der Waals surface area contributed by atoms with Crippen molar-refractivity contribution in [2.75, 3.05) is 32.8 Å². The molecule has 1 atom stereocenters. The molecule has 1 aliphatic carbocycles. The van der Waals surface area contributed by atoms with Crippen LogP contribution in [0.2, 0.25) is 5.02 Å². The van der Waals surface area contributed by atoms with Crippen molar-refractivity contribution in [3.05, 3.63) is 52.3 Å². The Kier molecular flexibility index (Phi) is 5.48. The zero-order valence-corrected chi connectivity index (χ0v) is 16.3. The predicted octanol–water partition coefficient (Wildman–Crippen LogP) is 2.75. The molecule has 2 heterocycles. The van der Waals surface area contributed by atoms with Crippen LogP contribution < -0.4 is 5.32 Å². The highest BCUT2D eigenvalue weighted by atomic mass is 35.5. The minimum Gasteiger partial charge on any atom is -0.379 e. The summed E-state index contributed by atoms with van der Waals surface area (Å²) in [6.07, 6.45) is 2.37. The van der Waals surface area contributed by atoms with Gasteiger partial charge >= 0.3 is 0 Å². The molecule has 0 spiro atoms. The summed E-state index contributed by atoms with van der Waals surface area (Å²) in [5, 5.41) is 8.18. The number of halogens is 1.